The fourth-order valence-corrected chi connectivity index (χ4v) is 2.90. The largest absolute Gasteiger partial charge is 0.364 e. The molecule has 1 aromatic heterocycles. The van der Waals surface area contributed by atoms with Crippen LogP contribution in [0.2, 0.25) is 0 Å². The Labute approximate surface area is 125 Å². The van der Waals surface area contributed by atoms with Crippen molar-refractivity contribution < 1.29 is 4.92 Å². The molecule has 1 atom stereocenters. The predicted molar refractivity (Wildman–Crippen MR) is 82.7 cm³/mol. The Morgan fingerprint density at radius 2 is 2.24 bits per heavy atom. The molecule has 1 unspecified atom stereocenters. The molecule has 0 amide bonds. The van der Waals surface area contributed by atoms with Crippen LogP contribution in [0.3, 0.4) is 0 Å². The summed E-state index contributed by atoms with van der Waals surface area (Å²) in [6, 6.07) is 0.0932. The summed E-state index contributed by atoms with van der Waals surface area (Å²) in [7, 11) is 0. The van der Waals surface area contributed by atoms with Crippen molar-refractivity contribution in [1.82, 2.24) is 14.7 Å². The first-order chi connectivity index (χ1) is 9.93. The summed E-state index contributed by atoms with van der Waals surface area (Å²) >= 11 is 0. The third-order valence-electron chi connectivity index (χ3n) is 4.10. The van der Waals surface area contributed by atoms with E-state index in [1.54, 1.807) is 11.6 Å². The van der Waals surface area contributed by atoms with Gasteiger partial charge in [0.2, 0.25) is 5.82 Å². The maximum atomic E-state index is 11.3. The van der Waals surface area contributed by atoms with Crippen molar-refractivity contribution in [1.29, 1.82) is 0 Å². The normalized spacial score (nSPS) is 19.4. The standard InChI is InChI=1S/C14H25N5O2/c1-5-17-7-6-12(9-17)8-15-14-13(19(20)21)11(4)16-18(14)10(2)3/h10,12,15H,5-9H2,1-4H3. The monoisotopic (exact) mass is 295 g/mol. The molecule has 2 heterocycles. The van der Waals surface area contributed by atoms with E-state index in [9.17, 15) is 10.1 Å². The van der Waals surface area contributed by atoms with Crippen LogP contribution in [0.5, 0.6) is 0 Å². The van der Waals surface area contributed by atoms with Gasteiger partial charge in [-0.05, 0) is 46.2 Å². The maximum absolute atomic E-state index is 11.3. The van der Waals surface area contributed by atoms with Crippen LogP contribution in [0.4, 0.5) is 11.5 Å². The van der Waals surface area contributed by atoms with Gasteiger partial charge in [0, 0.05) is 19.1 Å². The zero-order valence-corrected chi connectivity index (χ0v) is 13.3. The molecule has 118 valence electrons. The molecule has 0 radical (unpaired) electrons. The van der Waals surface area contributed by atoms with Crippen molar-refractivity contribution in [2.45, 2.75) is 40.2 Å². The number of nitrogens with one attached hydrogen (secondary N) is 1. The number of aromatic nitrogens is 2. The minimum Gasteiger partial charge on any atom is -0.364 e. The van der Waals surface area contributed by atoms with Crippen LogP contribution in [0, 0.1) is 23.0 Å². The summed E-state index contributed by atoms with van der Waals surface area (Å²) in [6.45, 7) is 11.8. The molecule has 0 saturated carbocycles. The first-order valence-electron chi connectivity index (χ1n) is 7.63. The second kappa shape index (κ2) is 6.43. The average Bonchev–Trinajstić information content (AvgIpc) is 3.00. The quantitative estimate of drug-likeness (QED) is 0.644. The summed E-state index contributed by atoms with van der Waals surface area (Å²) in [5, 5.41) is 18.9. The van der Waals surface area contributed by atoms with Crippen LogP contribution in [-0.2, 0) is 0 Å². The highest BCUT2D eigenvalue weighted by atomic mass is 16.6. The van der Waals surface area contributed by atoms with Gasteiger partial charge in [0.05, 0.1) is 4.92 Å². The van der Waals surface area contributed by atoms with Crippen LogP contribution in [0.15, 0.2) is 0 Å². The second-order valence-electron chi connectivity index (χ2n) is 6.01. The number of hydrogen-bond donors (Lipinski definition) is 1. The topological polar surface area (TPSA) is 76.2 Å². The molecular formula is C14H25N5O2. The summed E-state index contributed by atoms with van der Waals surface area (Å²) in [4.78, 5) is 13.3. The summed E-state index contributed by atoms with van der Waals surface area (Å²) in [6.07, 6.45) is 1.14. The molecule has 1 aliphatic heterocycles. The fourth-order valence-electron chi connectivity index (χ4n) is 2.90. The van der Waals surface area contributed by atoms with E-state index in [0.29, 0.717) is 17.4 Å². The molecule has 0 aliphatic carbocycles. The first kappa shape index (κ1) is 15.8. The van der Waals surface area contributed by atoms with E-state index < -0.39 is 0 Å². The van der Waals surface area contributed by atoms with Crippen molar-refractivity contribution in [3.05, 3.63) is 15.8 Å². The zero-order chi connectivity index (χ0) is 15.6. The number of nitro groups is 1. The highest BCUT2D eigenvalue weighted by Crippen LogP contribution is 2.31. The van der Waals surface area contributed by atoms with Gasteiger partial charge in [0.1, 0.15) is 5.69 Å². The SMILES string of the molecule is CCN1CCC(CNc2c([N+](=O)[O-])c(C)nn2C(C)C)C1. The van der Waals surface area contributed by atoms with Gasteiger partial charge in [0.25, 0.3) is 0 Å². The van der Waals surface area contributed by atoms with E-state index >= 15 is 0 Å². The van der Waals surface area contributed by atoms with Crippen molar-refractivity contribution in [2.75, 3.05) is 31.5 Å². The number of nitrogens with zero attached hydrogens (tertiary/aromatic N) is 4. The molecule has 1 fully saturated rings. The Hall–Kier alpha value is -1.63. The van der Waals surface area contributed by atoms with Gasteiger partial charge < -0.3 is 10.2 Å². The molecule has 0 bridgehead atoms. The van der Waals surface area contributed by atoms with Gasteiger partial charge in [-0.2, -0.15) is 5.10 Å². The van der Waals surface area contributed by atoms with Crippen LogP contribution < -0.4 is 5.32 Å². The summed E-state index contributed by atoms with van der Waals surface area (Å²) in [5.74, 6) is 1.09. The zero-order valence-electron chi connectivity index (χ0n) is 13.3. The lowest BCUT2D eigenvalue weighted by Gasteiger charge is -2.16. The molecule has 7 nitrogen and oxygen atoms in total. The predicted octanol–water partition coefficient (Wildman–Crippen LogP) is 2.43. The van der Waals surface area contributed by atoms with Gasteiger partial charge in [0.15, 0.2) is 0 Å². The molecule has 1 aliphatic rings. The lowest BCUT2D eigenvalue weighted by molar-refractivity contribution is -0.384. The molecular weight excluding hydrogens is 270 g/mol. The molecule has 2 rings (SSSR count). The highest BCUT2D eigenvalue weighted by molar-refractivity contribution is 5.59. The van der Waals surface area contributed by atoms with Crippen molar-refractivity contribution >= 4 is 11.5 Å². The van der Waals surface area contributed by atoms with Crippen LogP contribution in [0.1, 0.15) is 38.9 Å². The Kier molecular flexibility index (Phi) is 4.82. The molecule has 1 aromatic rings. The smallest absolute Gasteiger partial charge is 0.333 e. The Morgan fingerprint density at radius 1 is 1.52 bits per heavy atom. The average molecular weight is 295 g/mol. The second-order valence-corrected chi connectivity index (χ2v) is 6.01. The molecule has 7 heteroatoms. The van der Waals surface area contributed by atoms with Gasteiger partial charge >= 0.3 is 5.69 Å². The first-order valence-corrected chi connectivity index (χ1v) is 7.63. The molecule has 0 aromatic carbocycles. The van der Waals surface area contributed by atoms with Crippen molar-refractivity contribution in [3.63, 3.8) is 0 Å². The molecule has 1 saturated heterocycles. The van der Waals surface area contributed by atoms with E-state index in [-0.39, 0.29) is 16.7 Å². The Balaban J connectivity index is 2.13. The van der Waals surface area contributed by atoms with E-state index in [1.807, 2.05) is 13.8 Å². The number of anilines is 1. The van der Waals surface area contributed by atoms with Gasteiger partial charge in [-0.15, -0.1) is 0 Å². The molecule has 0 spiro atoms. The van der Waals surface area contributed by atoms with Crippen LogP contribution in [0.25, 0.3) is 0 Å². The van der Waals surface area contributed by atoms with E-state index in [2.05, 4.69) is 22.2 Å². The Morgan fingerprint density at radius 3 is 2.76 bits per heavy atom. The van der Waals surface area contributed by atoms with Gasteiger partial charge in [-0.25, -0.2) is 4.68 Å². The van der Waals surface area contributed by atoms with Crippen molar-refractivity contribution in [3.8, 4) is 0 Å². The van der Waals surface area contributed by atoms with Crippen molar-refractivity contribution in [2.24, 2.45) is 5.92 Å². The molecule has 21 heavy (non-hydrogen) atoms. The van der Waals surface area contributed by atoms with E-state index in [0.717, 1.165) is 32.6 Å². The van der Waals surface area contributed by atoms with Crippen LogP contribution in [-0.4, -0.2) is 45.8 Å². The fraction of sp³-hybridized carbons (Fsp3) is 0.786. The number of rotatable bonds is 6. The number of aryl methyl sites for hydroxylation is 1. The van der Waals surface area contributed by atoms with E-state index in [4.69, 9.17) is 0 Å². The minimum absolute atomic E-state index is 0.0932. The lowest BCUT2D eigenvalue weighted by atomic mass is 10.1. The summed E-state index contributed by atoms with van der Waals surface area (Å²) in [5.41, 5.74) is 0.576. The third kappa shape index (κ3) is 3.34. The number of hydrogen-bond acceptors (Lipinski definition) is 5. The van der Waals surface area contributed by atoms with Gasteiger partial charge in [-0.1, -0.05) is 6.92 Å². The minimum atomic E-state index is -0.337. The van der Waals surface area contributed by atoms with Crippen LogP contribution >= 0.6 is 0 Å². The number of likely N-dealkylation sites (tertiary alicyclic amines) is 1. The van der Waals surface area contributed by atoms with E-state index in [1.165, 1.54) is 0 Å². The lowest BCUT2D eigenvalue weighted by Crippen LogP contribution is -2.23. The maximum Gasteiger partial charge on any atom is 0.333 e. The highest BCUT2D eigenvalue weighted by Gasteiger charge is 2.28. The third-order valence-corrected chi connectivity index (χ3v) is 4.10. The summed E-state index contributed by atoms with van der Waals surface area (Å²) < 4.78 is 1.72. The molecule has 1 N–H and O–H groups in total. The van der Waals surface area contributed by atoms with Gasteiger partial charge in [-0.3, -0.25) is 10.1 Å². The Bertz CT molecular complexity index is 512.